The molecule has 2 atom stereocenters. The summed E-state index contributed by atoms with van der Waals surface area (Å²) in [5.74, 6) is 0. The van der Waals surface area contributed by atoms with Crippen molar-refractivity contribution in [1.29, 1.82) is 0 Å². The quantitative estimate of drug-likeness (QED) is 0.687. The van der Waals surface area contributed by atoms with Gasteiger partial charge in [-0.15, -0.1) is 0 Å². The first kappa shape index (κ1) is 20.0. The van der Waals surface area contributed by atoms with Gasteiger partial charge >= 0.3 is 6.09 Å². The molecule has 2 aliphatic rings. The lowest BCUT2D eigenvalue weighted by molar-refractivity contribution is -0.132. The number of benzene rings is 3. The molecule has 5 rings (SSSR count). The van der Waals surface area contributed by atoms with E-state index in [-0.39, 0.29) is 24.8 Å². The van der Waals surface area contributed by atoms with Crippen LogP contribution in [-0.4, -0.2) is 47.0 Å². The van der Waals surface area contributed by atoms with Crippen molar-refractivity contribution in [2.45, 2.75) is 43.6 Å². The molecule has 0 radical (unpaired) electrons. The summed E-state index contributed by atoms with van der Waals surface area (Å²) in [5.41, 5.74) is 1.21. The summed E-state index contributed by atoms with van der Waals surface area (Å²) in [6.45, 7) is 1.10. The normalized spacial score (nSPS) is 25.4. The zero-order valence-corrected chi connectivity index (χ0v) is 17.4. The number of hydrogen-bond acceptors (Lipinski definition) is 4. The number of amides is 1. The molecule has 2 fully saturated rings. The topological polar surface area (TPSA) is 59.0 Å². The summed E-state index contributed by atoms with van der Waals surface area (Å²) >= 11 is 0. The van der Waals surface area contributed by atoms with Crippen LogP contribution in [0.25, 0.3) is 10.8 Å². The highest BCUT2D eigenvalue weighted by Gasteiger charge is 2.48. The van der Waals surface area contributed by atoms with Crippen LogP contribution in [0.1, 0.15) is 24.0 Å². The maximum Gasteiger partial charge on any atom is 0.410 e. The second-order valence-corrected chi connectivity index (χ2v) is 8.78. The molecule has 0 spiro atoms. The number of hydrogen-bond donors (Lipinski definition) is 1. The fraction of sp³-hybridized carbons (Fsp3) is 0.346. The Kier molecular flexibility index (Phi) is 5.38. The Hall–Kier alpha value is -2.89. The van der Waals surface area contributed by atoms with E-state index in [4.69, 9.17) is 9.47 Å². The molecule has 0 aliphatic carbocycles. The van der Waals surface area contributed by atoms with Crippen LogP contribution in [0, 0.1) is 0 Å². The van der Waals surface area contributed by atoms with Crippen LogP contribution >= 0.6 is 0 Å². The summed E-state index contributed by atoms with van der Waals surface area (Å²) in [7, 11) is 0. The van der Waals surface area contributed by atoms with E-state index in [1.165, 1.54) is 10.8 Å². The van der Waals surface area contributed by atoms with Crippen molar-refractivity contribution in [3.05, 3.63) is 83.9 Å². The van der Waals surface area contributed by atoms with Gasteiger partial charge in [0.2, 0.25) is 0 Å². The van der Waals surface area contributed by atoms with Crippen LogP contribution in [0.3, 0.4) is 0 Å². The Bertz CT molecular complexity index is 1050. The van der Waals surface area contributed by atoms with Crippen LogP contribution in [0.2, 0.25) is 0 Å². The molecule has 0 saturated carbocycles. The van der Waals surface area contributed by atoms with Crippen LogP contribution in [0.5, 0.6) is 0 Å². The molecule has 5 heteroatoms. The number of aliphatic hydroxyl groups is 1. The number of ether oxygens (including phenoxy) is 2. The van der Waals surface area contributed by atoms with Gasteiger partial charge in [-0.1, -0.05) is 72.8 Å². The first-order valence-corrected chi connectivity index (χ1v) is 10.9. The Balaban J connectivity index is 1.28. The van der Waals surface area contributed by atoms with E-state index in [9.17, 15) is 9.90 Å². The van der Waals surface area contributed by atoms with Gasteiger partial charge in [0.15, 0.2) is 0 Å². The van der Waals surface area contributed by atoms with Gasteiger partial charge in [0.1, 0.15) is 6.61 Å². The monoisotopic (exact) mass is 417 g/mol. The van der Waals surface area contributed by atoms with Crippen LogP contribution in [-0.2, 0) is 22.5 Å². The van der Waals surface area contributed by atoms with E-state index in [0.29, 0.717) is 32.5 Å². The third kappa shape index (κ3) is 4.29. The Morgan fingerprint density at radius 1 is 0.935 bits per heavy atom. The number of fused-ring (bicyclic) bond motifs is 3. The molecule has 3 aromatic carbocycles. The molecule has 0 aromatic heterocycles. The summed E-state index contributed by atoms with van der Waals surface area (Å²) in [4.78, 5) is 14.7. The maximum absolute atomic E-state index is 12.9. The highest BCUT2D eigenvalue weighted by Crippen LogP contribution is 2.37. The summed E-state index contributed by atoms with van der Waals surface area (Å²) < 4.78 is 11.3. The molecule has 31 heavy (non-hydrogen) atoms. The second-order valence-electron chi connectivity index (χ2n) is 8.78. The molecule has 2 aliphatic heterocycles. The molecule has 2 saturated heterocycles. The van der Waals surface area contributed by atoms with Crippen LogP contribution < -0.4 is 0 Å². The first-order chi connectivity index (χ1) is 15.1. The van der Waals surface area contributed by atoms with E-state index in [1.54, 1.807) is 4.90 Å². The zero-order chi connectivity index (χ0) is 21.3. The fourth-order valence-electron chi connectivity index (χ4n) is 5.04. The highest BCUT2D eigenvalue weighted by atomic mass is 16.6. The van der Waals surface area contributed by atoms with E-state index in [2.05, 4.69) is 30.3 Å². The number of carbonyl (C=O) groups excluding carboxylic acids is 1. The van der Waals surface area contributed by atoms with E-state index in [1.807, 2.05) is 42.5 Å². The van der Waals surface area contributed by atoms with Gasteiger partial charge < -0.3 is 14.6 Å². The van der Waals surface area contributed by atoms with Crippen molar-refractivity contribution in [3.8, 4) is 0 Å². The van der Waals surface area contributed by atoms with Crippen molar-refractivity contribution in [3.63, 3.8) is 0 Å². The van der Waals surface area contributed by atoms with Crippen LogP contribution in [0.4, 0.5) is 4.79 Å². The highest BCUT2D eigenvalue weighted by molar-refractivity contribution is 5.83. The summed E-state index contributed by atoms with van der Waals surface area (Å²) in [6.07, 6.45) is 1.21. The Morgan fingerprint density at radius 2 is 1.61 bits per heavy atom. The predicted octanol–water partition coefficient (Wildman–Crippen LogP) is 4.31. The lowest BCUT2D eigenvalue weighted by atomic mass is 9.77. The molecule has 2 heterocycles. The molecule has 1 amide bonds. The van der Waals surface area contributed by atoms with Gasteiger partial charge in [-0.05, 0) is 34.7 Å². The lowest BCUT2D eigenvalue weighted by Gasteiger charge is -2.51. The minimum atomic E-state index is -0.863. The molecular formula is C26H27NO4. The SMILES string of the molecule is O=C(OCc1ccccc1)N1C2COCC1CC(O)(Cc1ccc3ccccc3c1)C2. The van der Waals surface area contributed by atoms with Crippen molar-refractivity contribution in [2.24, 2.45) is 0 Å². The van der Waals surface area contributed by atoms with E-state index in [0.717, 1.165) is 11.1 Å². The molecule has 2 unspecified atom stereocenters. The minimum absolute atomic E-state index is 0.179. The lowest BCUT2D eigenvalue weighted by Crippen LogP contribution is -2.64. The number of rotatable bonds is 4. The Morgan fingerprint density at radius 3 is 2.35 bits per heavy atom. The number of nitrogens with zero attached hydrogens (tertiary/aromatic N) is 1. The standard InChI is InChI=1S/C26H27NO4/c28-25(31-16-19-6-2-1-3-7-19)27-23-14-26(29,15-24(27)18-30-17-23)13-20-10-11-21-8-4-5-9-22(21)12-20/h1-12,23-24,29H,13-18H2. The number of carbonyl (C=O) groups is 1. The summed E-state index contributed by atoms with van der Waals surface area (Å²) in [5, 5.41) is 13.8. The molecule has 2 bridgehead atoms. The van der Waals surface area contributed by atoms with Crippen molar-refractivity contribution >= 4 is 16.9 Å². The fourth-order valence-corrected chi connectivity index (χ4v) is 5.04. The van der Waals surface area contributed by atoms with Gasteiger partial charge in [0, 0.05) is 6.42 Å². The van der Waals surface area contributed by atoms with Crippen molar-refractivity contribution in [2.75, 3.05) is 13.2 Å². The van der Waals surface area contributed by atoms with Gasteiger partial charge in [-0.25, -0.2) is 4.79 Å². The average Bonchev–Trinajstić information content (AvgIpc) is 2.77. The molecular weight excluding hydrogens is 390 g/mol. The van der Waals surface area contributed by atoms with E-state index < -0.39 is 5.60 Å². The largest absolute Gasteiger partial charge is 0.445 e. The smallest absolute Gasteiger partial charge is 0.410 e. The van der Waals surface area contributed by atoms with Crippen molar-refractivity contribution in [1.82, 2.24) is 4.90 Å². The van der Waals surface area contributed by atoms with Gasteiger partial charge in [-0.3, -0.25) is 4.90 Å². The van der Waals surface area contributed by atoms with E-state index >= 15 is 0 Å². The number of morpholine rings is 1. The van der Waals surface area contributed by atoms with Gasteiger partial charge in [-0.2, -0.15) is 0 Å². The maximum atomic E-state index is 12.9. The van der Waals surface area contributed by atoms with Crippen molar-refractivity contribution < 1.29 is 19.4 Å². The predicted molar refractivity (Wildman–Crippen MR) is 119 cm³/mol. The third-order valence-corrected chi connectivity index (χ3v) is 6.40. The Labute approximate surface area is 182 Å². The average molecular weight is 418 g/mol. The van der Waals surface area contributed by atoms with Gasteiger partial charge in [0.05, 0.1) is 30.9 Å². The number of piperidine rings is 1. The second kappa shape index (κ2) is 8.33. The summed E-state index contributed by atoms with van der Waals surface area (Å²) in [6, 6.07) is 23.9. The molecule has 1 N–H and O–H groups in total. The zero-order valence-electron chi connectivity index (χ0n) is 17.4. The molecule has 3 aromatic rings. The molecule has 160 valence electrons. The first-order valence-electron chi connectivity index (χ1n) is 10.9. The third-order valence-electron chi connectivity index (χ3n) is 6.40. The minimum Gasteiger partial charge on any atom is -0.445 e. The van der Waals surface area contributed by atoms with Crippen LogP contribution in [0.15, 0.2) is 72.8 Å². The molecule has 5 nitrogen and oxygen atoms in total. The van der Waals surface area contributed by atoms with Gasteiger partial charge in [0.25, 0.3) is 0 Å².